The fraction of sp³-hybridized carbons (Fsp3) is 1.00. The lowest BCUT2D eigenvalue weighted by atomic mass is 10.0. The van der Waals surface area contributed by atoms with Crippen LogP contribution in [0.3, 0.4) is 0 Å². The Hall–Kier alpha value is -0.160. The first-order valence-corrected chi connectivity index (χ1v) is 7.88. The van der Waals surface area contributed by atoms with Gasteiger partial charge in [-0.2, -0.15) is 0 Å². The number of hydrogen-bond donors (Lipinski definition) is 2. The molecule has 0 aromatic heterocycles. The predicted octanol–water partition coefficient (Wildman–Crippen LogP) is 1.03. The largest absolute Gasteiger partial charge is 0.389 e. The number of fused-ring (bicyclic) bond motifs is 5. The summed E-state index contributed by atoms with van der Waals surface area (Å²) in [4.78, 5) is 0. The molecule has 2 N–H and O–H groups in total. The standard InChI is InChI=1S/C15H27NO3/c1-2-18-5-6-19-9-12(17)8-16-15-13-10-3-4-11(7-10)14(13)15/h10-17H,2-9H2,1H3. The van der Waals surface area contributed by atoms with Crippen molar-refractivity contribution in [3.63, 3.8) is 0 Å². The number of rotatable bonds is 9. The molecule has 4 heteroatoms. The van der Waals surface area contributed by atoms with E-state index >= 15 is 0 Å². The summed E-state index contributed by atoms with van der Waals surface area (Å²) in [6, 6.07) is 0.698. The van der Waals surface area contributed by atoms with E-state index in [1.807, 2.05) is 6.92 Å². The molecule has 3 aliphatic rings. The maximum absolute atomic E-state index is 9.86. The van der Waals surface area contributed by atoms with Crippen molar-refractivity contribution in [1.82, 2.24) is 5.32 Å². The molecule has 0 heterocycles. The molecule has 0 saturated heterocycles. The monoisotopic (exact) mass is 269 g/mol. The molecule has 3 saturated carbocycles. The molecule has 0 aromatic rings. The molecule has 2 bridgehead atoms. The van der Waals surface area contributed by atoms with Crippen LogP contribution >= 0.6 is 0 Å². The first kappa shape index (κ1) is 13.8. The van der Waals surface area contributed by atoms with Crippen molar-refractivity contribution in [2.24, 2.45) is 23.7 Å². The van der Waals surface area contributed by atoms with Crippen LogP contribution in [0.25, 0.3) is 0 Å². The van der Waals surface area contributed by atoms with Crippen molar-refractivity contribution in [1.29, 1.82) is 0 Å². The van der Waals surface area contributed by atoms with Crippen LogP contribution in [0, 0.1) is 23.7 Å². The molecular weight excluding hydrogens is 242 g/mol. The topological polar surface area (TPSA) is 50.7 Å². The Kier molecular flexibility index (Phi) is 4.42. The van der Waals surface area contributed by atoms with Crippen molar-refractivity contribution < 1.29 is 14.6 Å². The van der Waals surface area contributed by atoms with Crippen LogP contribution in [0.1, 0.15) is 26.2 Å². The lowest BCUT2D eigenvalue weighted by molar-refractivity contribution is 0.00612. The molecule has 110 valence electrons. The minimum absolute atomic E-state index is 0.388. The quantitative estimate of drug-likeness (QED) is 0.614. The molecular formula is C15H27NO3. The first-order chi connectivity index (χ1) is 9.31. The van der Waals surface area contributed by atoms with E-state index in [-0.39, 0.29) is 6.10 Å². The van der Waals surface area contributed by atoms with Gasteiger partial charge in [-0.15, -0.1) is 0 Å². The Morgan fingerprint density at radius 2 is 1.84 bits per heavy atom. The van der Waals surface area contributed by atoms with E-state index in [1.165, 1.54) is 19.3 Å². The Labute approximate surface area is 115 Å². The normalized spacial score (nSPS) is 40.4. The van der Waals surface area contributed by atoms with Crippen molar-refractivity contribution >= 4 is 0 Å². The molecule has 0 radical (unpaired) electrons. The van der Waals surface area contributed by atoms with Gasteiger partial charge in [0.2, 0.25) is 0 Å². The number of aliphatic hydroxyl groups is 1. The maximum Gasteiger partial charge on any atom is 0.0897 e. The molecule has 4 nitrogen and oxygen atoms in total. The number of aliphatic hydroxyl groups excluding tert-OH is 1. The van der Waals surface area contributed by atoms with Gasteiger partial charge in [-0.3, -0.25) is 0 Å². The van der Waals surface area contributed by atoms with Crippen LogP contribution in [0.4, 0.5) is 0 Å². The highest BCUT2D eigenvalue weighted by Crippen LogP contribution is 2.65. The number of hydrogen-bond acceptors (Lipinski definition) is 4. The van der Waals surface area contributed by atoms with Gasteiger partial charge >= 0.3 is 0 Å². The minimum Gasteiger partial charge on any atom is -0.389 e. The second-order valence-corrected chi connectivity index (χ2v) is 6.35. The van der Waals surface area contributed by atoms with E-state index in [0.717, 1.165) is 30.3 Å². The van der Waals surface area contributed by atoms with Crippen LogP contribution in [-0.2, 0) is 9.47 Å². The van der Waals surface area contributed by atoms with E-state index in [2.05, 4.69) is 5.32 Å². The summed E-state index contributed by atoms with van der Waals surface area (Å²) < 4.78 is 10.6. The predicted molar refractivity (Wildman–Crippen MR) is 72.9 cm³/mol. The zero-order chi connectivity index (χ0) is 13.2. The fourth-order valence-electron chi connectivity index (χ4n) is 4.41. The highest BCUT2D eigenvalue weighted by Gasteiger charge is 2.64. The van der Waals surface area contributed by atoms with Crippen LogP contribution in [0.15, 0.2) is 0 Å². The van der Waals surface area contributed by atoms with Crippen molar-refractivity contribution in [2.45, 2.75) is 38.3 Å². The third kappa shape index (κ3) is 2.97. The third-order valence-corrected chi connectivity index (χ3v) is 5.21. The zero-order valence-electron chi connectivity index (χ0n) is 11.9. The lowest BCUT2D eigenvalue weighted by Crippen LogP contribution is -2.34. The zero-order valence-corrected chi connectivity index (χ0v) is 11.9. The third-order valence-electron chi connectivity index (χ3n) is 5.21. The minimum atomic E-state index is -0.388. The second kappa shape index (κ2) is 6.08. The Morgan fingerprint density at radius 1 is 1.16 bits per heavy atom. The smallest absolute Gasteiger partial charge is 0.0897 e. The summed E-state index contributed by atoms with van der Waals surface area (Å²) in [5.41, 5.74) is 0. The Bertz CT molecular complexity index is 283. The molecule has 5 atom stereocenters. The highest BCUT2D eigenvalue weighted by molar-refractivity contribution is 5.16. The highest BCUT2D eigenvalue weighted by atomic mass is 16.5. The summed E-state index contributed by atoms with van der Waals surface area (Å²) in [6.45, 7) is 4.97. The van der Waals surface area contributed by atoms with Crippen molar-refractivity contribution in [2.75, 3.05) is 33.0 Å². The van der Waals surface area contributed by atoms with Crippen LogP contribution in [0.5, 0.6) is 0 Å². The second-order valence-electron chi connectivity index (χ2n) is 6.35. The molecule has 0 aromatic carbocycles. The summed E-state index contributed by atoms with van der Waals surface area (Å²) in [7, 11) is 0. The lowest BCUT2D eigenvalue weighted by Gasteiger charge is -2.14. The molecule has 0 amide bonds. The average Bonchev–Trinajstić information content (AvgIpc) is 2.80. The van der Waals surface area contributed by atoms with Gasteiger partial charge in [-0.05, 0) is 49.9 Å². The molecule has 3 rings (SSSR count). The van der Waals surface area contributed by atoms with Crippen LogP contribution < -0.4 is 5.32 Å². The Morgan fingerprint density at radius 3 is 2.53 bits per heavy atom. The van der Waals surface area contributed by atoms with Gasteiger partial charge in [0, 0.05) is 19.2 Å². The molecule has 5 unspecified atom stereocenters. The van der Waals surface area contributed by atoms with Gasteiger partial charge in [0.25, 0.3) is 0 Å². The summed E-state index contributed by atoms with van der Waals surface area (Å²) in [5, 5.41) is 13.4. The SMILES string of the molecule is CCOCCOCC(O)CNC1C2C3CCC(C3)C12. The Balaban J connectivity index is 1.25. The van der Waals surface area contributed by atoms with E-state index in [0.29, 0.717) is 32.4 Å². The van der Waals surface area contributed by atoms with E-state index in [9.17, 15) is 5.11 Å². The van der Waals surface area contributed by atoms with Gasteiger partial charge < -0.3 is 19.9 Å². The van der Waals surface area contributed by atoms with Gasteiger partial charge in [0.05, 0.1) is 25.9 Å². The molecule has 0 spiro atoms. The maximum atomic E-state index is 9.86. The van der Waals surface area contributed by atoms with E-state index in [4.69, 9.17) is 9.47 Å². The van der Waals surface area contributed by atoms with E-state index in [1.54, 1.807) is 0 Å². The fourth-order valence-corrected chi connectivity index (χ4v) is 4.41. The van der Waals surface area contributed by atoms with Gasteiger partial charge in [-0.1, -0.05) is 0 Å². The summed E-state index contributed by atoms with van der Waals surface area (Å²) >= 11 is 0. The molecule has 0 aliphatic heterocycles. The van der Waals surface area contributed by atoms with Gasteiger partial charge in [-0.25, -0.2) is 0 Å². The van der Waals surface area contributed by atoms with Gasteiger partial charge in [0.15, 0.2) is 0 Å². The summed E-state index contributed by atoms with van der Waals surface area (Å²) in [5.74, 6) is 3.86. The average molecular weight is 269 g/mol. The first-order valence-electron chi connectivity index (χ1n) is 7.88. The van der Waals surface area contributed by atoms with Crippen LogP contribution in [0.2, 0.25) is 0 Å². The van der Waals surface area contributed by atoms with E-state index < -0.39 is 0 Å². The number of ether oxygens (including phenoxy) is 2. The summed E-state index contributed by atoms with van der Waals surface area (Å²) in [6.07, 6.45) is 4.00. The van der Waals surface area contributed by atoms with Gasteiger partial charge in [0.1, 0.15) is 0 Å². The van der Waals surface area contributed by atoms with Crippen LogP contribution in [-0.4, -0.2) is 50.2 Å². The number of nitrogens with one attached hydrogen (secondary N) is 1. The van der Waals surface area contributed by atoms with Crippen molar-refractivity contribution in [3.05, 3.63) is 0 Å². The molecule has 3 aliphatic carbocycles. The van der Waals surface area contributed by atoms with Crippen molar-refractivity contribution in [3.8, 4) is 0 Å². The molecule has 19 heavy (non-hydrogen) atoms. The molecule has 3 fully saturated rings.